The van der Waals surface area contributed by atoms with Gasteiger partial charge < -0.3 is 19.9 Å². The smallest absolute Gasteiger partial charge is 0.451 e. The molecule has 5 nitrogen and oxygen atoms in total. The van der Waals surface area contributed by atoms with Gasteiger partial charge in [-0.25, -0.2) is 0 Å². The number of carbonyl (C=O) groups is 1. The fraction of sp³-hybridized carbons (Fsp3) is 0.875. The summed E-state index contributed by atoms with van der Waals surface area (Å²) in [4.78, 5) is 10.7. The third kappa shape index (κ3) is 3.28. The molecule has 1 aliphatic rings. The lowest BCUT2D eigenvalue weighted by molar-refractivity contribution is -0.143. The van der Waals surface area contributed by atoms with E-state index in [-0.39, 0.29) is 12.4 Å². The fourth-order valence-electron chi connectivity index (χ4n) is 1.72. The van der Waals surface area contributed by atoms with Crippen molar-refractivity contribution in [2.75, 3.05) is 6.61 Å². The van der Waals surface area contributed by atoms with Crippen LogP contribution in [-0.4, -0.2) is 41.0 Å². The van der Waals surface area contributed by atoms with Crippen LogP contribution in [0.4, 0.5) is 0 Å². The molecule has 1 rings (SSSR count). The molecule has 0 amide bonds. The van der Waals surface area contributed by atoms with Crippen LogP contribution in [0.1, 0.15) is 19.3 Å². The van der Waals surface area contributed by atoms with Gasteiger partial charge >= 0.3 is 13.1 Å². The van der Waals surface area contributed by atoms with Crippen LogP contribution < -0.4 is 0 Å². The number of rotatable bonds is 5. The summed E-state index contributed by atoms with van der Waals surface area (Å²) in [6.07, 6.45) is 1.72. The predicted molar refractivity (Wildman–Crippen MR) is 49.7 cm³/mol. The van der Waals surface area contributed by atoms with Crippen LogP contribution in [-0.2, 0) is 9.53 Å². The molecule has 0 aromatic heterocycles. The highest BCUT2D eigenvalue weighted by Crippen LogP contribution is 2.25. The Morgan fingerprint density at radius 2 is 2.21 bits per heavy atom. The lowest BCUT2D eigenvalue weighted by atomic mass is 9.82. The molecule has 0 saturated carbocycles. The monoisotopic (exact) mass is 202 g/mol. The summed E-state index contributed by atoms with van der Waals surface area (Å²) in [6, 6.07) is 0. The largest absolute Gasteiger partial charge is 0.481 e. The van der Waals surface area contributed by atoms with Gasteiger partial charge in [0.25, 0.3) is 0 Å². The molecule has 0 aromatic rings. The highest BCUT2D eigenvalue weighted by atomic mass is 16.5. The second-order valence-electron chi connectivity index (χ2n) is 3.55. The van der Waals surface area contributed by atoms with Gasteiger partial charge in [-0.05, 0) is 19.2 Å². The van der Waals surface area contributed by atoms with E-state index >= 15 is 0 Å². The van der Waals surface area contributed by atoms with Crippen LogP contribution in [0.5, 0.6) is 0 Å². The van der Waals surface area contributed by atoms with Crippen molar-refractivity contribution in [3.63, 3.8) is 0 Å². The third-order valence-electron chi connectivity index (χ3n) is 2.48. The number of aliphatic carboxylic acids is 1. The van der Waals surface area contributed by atoms with E-state index < -0.39 is 19.0 Å². The highest BCUT2D eigenvalue weighted by molar-refractivity contribution is 6.40. The van der Waals surface area contributed by atoms with E-state index in [0.29, 0.717) is 25.9 Å². The van der Waals surface area contributed by atoms with Crippen LogP contribution in [0.3, 0.4) is 0 Å². The molecular weight excluding hydrogens is 187 g/mol. The van der Waals surface area contributed by atoms with E-state index in [1.807, 2.05) is 0 Å². The van der Waals surface area contributed by atoms with Crippen LogP contribution in [0.15, 0.2) is 0 Å². The van der Waals surface area contributed by atoms with Gasteiger partial charge in [0.05, 0.1) is 12.0 Å². The quantitative estimate of drug-likeness (QED) is 0.534. The second-order valence-corrected chi connectivity index (χ2v) is 3.55. The van der Waals surface area contributed by atoms with Crippen LogP contribution in [0.25, 0.3) is 0 Å². The van der Waals surface area contributed by atoms with Crippen molar-refractivity contribution in [3.05, 3.63) is 0 Å². The van der Waals surface area contributed by atoms with Crippen molar-refractivity contribution < 1.29 is 24.7 Å². The summed E-state index contributed by atoms with van der Waals surface area (Å²) in [7, 11) is -1.31. The standard InChI is InChI=1S/C8H15BO5/c10-8(11)6-3-5-14-7(6)2-1-4-9(12)13/h6-7,12-13H,1-5H2,(H,10,11). The highest BCUT2D eigenvalue weighted by Gasteiger charge is 2.33. The summed E-state index contributed by atoms with van der Waals surface area (Å²) in [6.45, 7) is 0.489. The molecular formula is C8H15BO5. The molecule has 2 atom stereocenters. The van der Waals surface area contributed by atoms with Crippen LogP contribution >= 0.6 is 0 Å². The van der Waals surface area contributed by atoms with Crippen molar-refractivity contribution in [1.82, 2.24) is 0 Å². The molecule has 80 valence electrons. The Balaban J connectivity index is 2.26. The van der Waals surface area contributed by atoms with Crippen LogP contribution in [0.2, 0.25) is 6.32 Å². The van der Waals surface area contributed by atoms with E-state index in [9.17, 15) is 4.79 Å². The normalized spacial score (nSPS) is 26.4. The minimum absolute atomic E-state index is 0.258. The van der Waals surface area contributed by atoms with Gasteiger partial charge in [0.1, 0.15) is 0 Å². The molecule has 0 aromatic carbocycles. The van der Waals surface area contributed by atoms with Gasteiger partial charge in [-0.15, -0.1) is 0 Å². The molecule has 0 aliphatic carbocycles. The number of hydrogen-bond donors (Lipinski definition) is 3. The fourth-order valence-corrected chi connectivity index (χ4v) is 1.72. The van der Waals surface area contributed by atoms with Crippen molar-refractivity contribution in [2.24, 2.45) is 5.92 Å². The Hall–Kier alpha value is -0.585. The predicted octanol–water partition coefficient (Wildman–Crippen LogP) is -0.271. The first-order valence-corrected chi connectivity index (χ1v) is 4.82. The Morgan fingerprint density at radius 1 is 1.50 bits per heavy atom. The molecule has 1 aliphatic heterocycles. The van der Waals surface area contributed by atoms with E-state index in [1.165, 1.54) is 0 Å². The maximum Gasteiger partial charge on any atom is 0.451 e. The van der Waals surface area contributed by atoms with E-state index in [4.69, 9.17) is 19.9 Å². The zero-order valence-corrected chi connectivity index (χ0v) is 7.93. The lowest BCUT2D eigenvalue weighted by Gasteiger charge is -2.14. The Labute approximate surface area is 82.8 Å². The topological polar surface area (TPSA) is 87.0 Å². The molecule has 0 bridgehead atoms. The van der Waals surface area contributed by atoms with Gasteiger partial charge in [-0.1, -0.05) is 6.42 Å². The molecule has 3 N–H and O–H groups in total. The average molecular weight is 202 g/mol. The number of hydrogen-bond acceptors (Lipinski definition) is 4. The minimum Gasteiger partial charge on any atom is -0.481 e. The molecule has 1 fully saturated rings. The zero-order valence-electron chi connectivity index (χ0n) is 7.93. The van der Waals surface area contributed by atoms with E-state index in [1.54, 1.807) is 0 Å². The van der Waals surface area contributed by atoms with Crippen molar-refractivity contribution in [3.8, 4) is 0 Å². The maximum atomic E-state index is 10.7. The molecule has 1 heterocycles. The van der Waals surface area contributed by atoms with E-state index in [0.717, 1.165) is 0 Å². The van der Waals surface area contributed by atoms with Gasteiger partial charge in [0.2, 0.25) is 0 Å². The van der Waals surface area contributed by atoms with Crippen molar-refractivity contribution in [2.45, 2.75) is 31.7 Å². The summed E-state index contributed by atoms with van der Waals surface area (Å²) in [5, 5.41) is 26.0. The minimum atomic E-state index is -1.31. The van der Waals surface area contributed by atoms with Gasteiger partial charge in [-0.3, -0.25) is 4.79 Å². The Morgan fingerprint density at radius 3 is 2.79 bits per heavy atom. The van der Waals surface area contributed by atoms with Crippen LogP contribution in [0, 0.1) is 5.92 Å². The average Bonchev–Trinajstić information content (AvgIpc) is 2.51. The second kappa shape index (κ2) is 5.33. The van der Waals surface area contributed by atoms with Gasteiger partial charge in [0, 0.05) is 6.61 Å². The van der Waals surface area contributed by atoms with Gasteiger partial charge in [-0.2, -0.15) is 0 Å². The molecule has 14 heavy (non-hydrogen) atoms. The molecule has 1 saturated heterocycles. The van der Waals surface area contributed by atoms with E-state index in [2.05, 4.69) is 0 Å². The summed E-state index contributed by atoms with van der Waals surface area (Å²) in [5.41, 5.74) is 0. The molecule has 0 radical (unpaired) electrons. The first-order chi connectivity index (χ1) is 6.61. The lowest BCUT2D eigenvalue weighted by Crippen LogP contribution is -2.24. The number of ether oxygens (including phenoxy) is 1. The number of carboxylic acid groups (broad SMARTS) is 1. The first-order valence-electron chi connectivity index (χ1n) is 4.82. The van der Waals surface area contributed by atoms with Gasteiger partial charge in [0.15, 0.2) is 0 Å². The Bertz CT molecular complexity index is 196. The zero-order chi connectivity index (χ0) is 10.6. The Kier molecular flexibility index (Phi) is 4.38. The molecule has 0 spiro atoms. The molecule has 6 heteroatoms. The summed E-state index contributed by atoms with van der Waals surface area (Å²) < 4.78 is 5.26. The van der Waals surface area contributed by atoms with Crippen molar-refractivity contribution >= 4 is 13.1 Å². The number of carboxylic acids is 1. The first kappa shape index (κ1) is 11.5. The maximum absolute atomic E-state index is 10.7. The summed E-state index contributed by atoms with van der Waals surface area (Å²) in [5.74, 6) is -1.25. The SMILES string of the molecule is O=C(O)C1CCOC1CCCB(O)O. The van der Waals surface area contributed by atoms with Crippen molar-refractivity contribution in [1.29, 1.82) is 0 Å². The molecule has 2 unspecified atom stereocenters. The summed E-state index contributed by atoms with van der Waals surface area (Å²) >= 11 is 0. The third-order valence-corrected chi connectivity index (χ3v) is 2.48.